The second-order valence-electron chi connectivity index (χ2n) is 6.79. The summed E-state index contributed by atoms with van der Waals surface area (Å²) in [6.07, 6.45) is 0. The van der Waals surface area contributed by atoms with E-state index in [2.05, 4.69) is 10.3 Å². The van der Waals surface area contributed by atoms with E-state index >= 15 is 0 Å². The Labute approximate surface area is 172 Å². The first-order valence-electron chi connectivity index (χ1n) is 9.00. The number of hydrogen-bond donors (Lipinski definition) is 2. The van der Waals surface area contributed by atoms with E-state index in [9.17, 15) is 9.59 Å². The van der Waals surface area contributed by atoms with Crippen molar-refractivity contribution in [1.82, 2.24) is 4.98 Å². The van der Waals surface area contributed by atoms with Gasteiger partial charge in [0.1, 0.15) is 5.75 Å². The summed E-state index contributed by atoms with van der Waals surface area (Å²) in [4.78, 5) is 28.9. The number of methoxy groups -OCH3 is 2. The van der Waals surface area contributed by atoms with Gasteiger partial charge < -0.3 is 19.8 Å². The standard InChI is InChI=1S/C22H19ClN2O4/c1-11-17(22(27)29-3)19(20(24-11)12-5-4-6-14(9-12)28-2)18-15-10-13(23)7-8-16(15)25-21(18)26/h4-10,18,24H,1-3H3,(H,25,26)/t18-/m0/s1. The van der Waals surface area contributed by atoms with Gasteiger partial charge in [-0.25, -0.2) is 4.79 Å². The molecule has 2 heterocycles. The predicted octanol–water partition coefficient (Wildman–Crippen LogP) is 4.52. The Morgan fingerprint density at radius 2 is 1.93 bits per heavy atom. The summed E-state index contributed by atoms with van der Waals surface area (Å²) in [6.45, 7) is 1.78. The number of rotatable bonds is 4. The van der Waals surface area contributed by atoms with Gasteiger partial charge in [-0.3, -0.25) is 4.79 Å². The van der Waals surface area contributed by atoms with E-state index in [1.165, 1.54) is 7.11 Å². The molecule has 2 N–H and O–H groups in total. The second-order valence-corrected chi connectivity index (χ2v) is 7.23. The number of amides is 1. The minimum Gasteiger partial charge on any atom is -0.497 e. The maximum absolute atomic E-state index is 13.0. The molecule has 1 atom stereocenters. The van der Waals surface area contributed by atoms with Gasteiger partial charge in [-0.2, -0.15) is 0 Å². The number of nitrogens with one attached hydrogen (secondary N) is 2. The quantitative estimate of drug-likeness (QED) is 0.619. The number of esters is 1. The fourth-order valence-corrected chi connectivity index (χ4v) is 4.00. The van der Waals surface area contributed by atoms with Crippen LogP contribution in [0.2, 0.25) is 5.02 Å². The lowest BCUT2D eigenvalue weighted by Crippen LogP contribution is -2.17. The molecule has 2 aromatic carbocycles. The van der Waals surface area contributed by atoms with Crippen molar-refractivity contribution < 1.29 is 19.1 Å². The highest BCUT2D eigenvalue weighted by Crippen LogP contribution is 2.44. The number of anilines is 1. The fraction of sp³-hybridized carbons (Fsp3) is 0.182. The minimum atomic E-state index is -0.705. The van der Waals surface area contributed by atoms with Crippen molar-refractivity contribution in [1.29, 1.82) is 0 Å². The molecule has 0 unspecified atom stereocenters. The van der Waals surface area contributed by atoms with Crippen LogP contribution in [0, 0.1) is 6.92 Å². The van der Waals surface area contributed by atoms with Crippen molar-refractivity contribution in [2.75, 3.05) is 19.5 Å². The number of carbonyl (C=O) groups is 2. The summed E-state index contributed by atoms with van der Waals surface area (Å²) in [7, 11) is 2.91. The fourth-order valence-electron chi connectivity index (χ4n) is 3.82. The highest BCUT2D eigenvalue weighted by molar-refractivity contribution is 6.31. The Bertz CT molecular complexity index is 1140. The van der Waals surface area contributed by atoms with Crippen LogP contribution in [0.4, 0.5) is 5.69 Å². The molecule has 29 heavy (non-hydrogen) atoms. The van der Waals surface area contributed by atoms with Crippen molar-refractivity contribution >= 4 is 29.2 Å². The average molecular weight is 411 g/mol. The lowest BCUT2D eigenvalue weighted by Gasteiger charge is -2.14. The normalized spacial score (nSPS) is 15.0. The number of ether oxygens (including phenoxy) is 2. The molecule has 0 aliphatic carbocycles. The van der Waals surface area contributed by atoms with Crippen LogP contribution in [-0.2, 0) is 9.53 Å². The van der Waals surface area contributed by atoms with Crippen LogP contribution in [0.15, 0.2) is 42.5 Å². The maximum Gasteiger partial charge on any atom is 0.340 e. The molecule has 1 aliphatic heterocycles. The minimum absolute atomic E-state index is 0.226. The zero-order valence-electron chi connectivity index (χ0n) is 16.1. The number of aryl methyl sites for hydroxylation is 1. The van der Waals surface area contributed by atoms with Crippen molar-refractivity contribution in [3.8, 4) is 17.0 Å². The van der Waals surface area contributed by atoms with Gasteiger partial charge in [0.05, 0.1) is 31.4 Å². The lowest BCUT2D eigenvalue weighted by atomic mass is 9.87. The van der Waals surface area contributed by atoms with E-state index in [-0.39, 0.29) is 5.91 Å². The van der Waals surface area contributed by atoms with Gasteiger partial charge in [0.2, 0.25) is 5.91 Å². The van der Waals surface area contributed by atoms with Gasteiger partial charge in [-0.15, -0.1) is 0 Å². The van der Waals surface area contributed by atoms with E-state index in [1.54, 1.807) is 32.2 Å². The first-order chi connectivity index (χ1) is 13.9. The number of hydrogen-bond acceptors (Lipinski definition) is 4. The maximum atomic E-state index is 13.0. The highest BCUT2D eigenvalue weighted by Gasteiger charge is 2.38. The molecule has 0 spiro atoms. The number of aromatic amines is 1. The molecule has 0 fully saturated rings. The Hall–Kier alpha value is -3.25. The average Bonchev–Trinajstić information content (AvgIpc) is 3.22. The van der Waals surface area contributed by atoms with Crippen LogP contribution in [-0.4, -0.2) is 31.1 Å². The SMILES string of the molecule is COC(=O)c1c(C)[nH]c(-c2cccc(OC)c2)c1[C@H]1C(=O)Nc2ccc(Cl)cc21. The molecule has 6 nitrogen and oxygen atoms in total. The molecule has 148 valence electrons. The summed E-state index contributed by atoms with van der Waals surface area (Å²) in [5.74, 6) is -0.773. The number of halogens is 1. The molecule has 3 aromatic rings. The third kappa shape index (κ3) is 3.15. The summed E-state index contributed by atoms with van der Waals surface area (Å²) < 4.78 is 10.4. The molecule has 1 aromatic heterocycles. The summed E-state index contributed by atoms with van der Waals surface area (Å²) in [5.41, 5.74) is 4.37. The molecular weight excluding hydrogens is 392 g/mol. The van der Waals surface area contributed by atoms with Crippen LogP contribution in [0.5, 0.6) is 5.75 Å². The highest BCUT2D eigenvalue weighted by atomic mass is 35.5. The smallest absolute Gasteiger partial charge is 0.340 e. The van der Waals surface area contributed by atoms with Crippen LogP contribution < -0.4 is 10.1 Å². The van der Waals surface area contributed by atoms with E-state index in [1.807, 2.05) is 24.3 Å². The number of H-pyrrole nitrogens is 1. The zero-order valence-corrected chi connectivity index (χ0v) is 16.9. The molecule has 1 amide bonds. The van der Waals surface area contributed by atoms with Gasteiger partial charge in [0.15, 0.2) is 0 Å². The van der Waals surface area contributed by atoms with E-state index in [0.29, 0.717) is 39.0 Å². The molecule has 0 radical (unpaired) electrons. The number of fused-ring (bicyclic) bond motifs is 1. The molecule has 1 aliphatic rings. The first-order valence-corrected chi connectivity index (χ1v) is 9.38. The summed E-state index contributed by atoms with van der Waals surface area (Å²) >= 11 is 6.20. The molecular formula is C22H19ClN2O4. The van der Waals surface area contributed by atoms with Gasteiger partial charge in [-0.05, 0) is 42.8 Å². The molecule has 4 rings (SSSR count). The van der Waals surface area contributed by atoms with Crippen molar-refractivity contribution in [2.45, 2.75) is 12.8 Å². The largest absolute Gasteiger partial charge is 0.497 e. The Balaban J connectivity index is 2.00. The van der Waals surface area contributed by atoms with Gasteiger partial charge >= 0.3 is 5.97 Å². The third-order valence-corrected chi connectivity index (χ3v) is 5.34. The molecule has 7 heteroatoms. The Kier molecular flexibility index (Phi) is 4.80. The van der Waals surface area contributed by atoms with Crippen LogP contribution >= 0.6 is 11.6 Å². The van der Waals surface area contributed by atoms with E-state index in [4.69, 9.17) is 21.1 Å². The van der Waals surface area contributed by atoms with E-state index in [0.717, 1.165) is 11.1 Å². The summed E-state index contributed by atoms with van der Waals surface area (Å²) in [5, 5.41) is 3.39. The molecule has 0 bridgehead atoms. The number of aromatic nitrogens is 1. The van der Waals surface area contributed by atoms with Crippen molar-refractivity contribution in [2.24, 2.45) is 0 Å². The molecule has 0 saturated heterocycles. The molecule has 0 saturated carbocycles. The van der Waals surface area contributed by atoms with Gasteiger partial charge in [-0.1, -0.05) is 23.7 Å². The van der Waals surface area contributed by atoms with Crippen LogP contribution in [0.3, 0.4) is 0 Å². The first kappa shape index (κ1) is 19.1. The van der Waals surface area contributed by atoms with E-state index < -0.39 is 11.9 Å². The monoisotopic (exact) mass is 410 g/mol. The Morgan fingerprint density at radius 1 is 1.14 bits per heavy atom. The topological polar surface area (TPSA) is 80.4 Å². The van der Waals surface area contributed by atoms with Crippen LogP contribution in [0.1, 0.15) is 33.1 Å². The Morgan fingerprint density at radius 3 is 2.66 bits per heavy atom. The number of carbonyl (C=O) groups excluding carboxylic acids is 2. The van der Waals surface area contributed by atoms with Crippen molar-refractivity contribution in [3.05, 3.63) is 69.9 Å². The third-order valence-electron chi connectivity index (χ3n) is 5.11. The lowest BCUT2D eigenvalue weighted by molar-refractivity contribution is -0.116. The van der Waals surface area contributed by atoms with Crippen molar-refractivity contribution in [3.63, 3.8) is 0 Å². The summed E-state index contributed by atoms with van der Waals surface area (Å²) in [6, 6.07) is 12.7. The van der Waals surface area contributed by atoms with Gasteiger partial charge in [0, 0.05) is 27.5 Å². The second kappa shape index (κ2) is 7.29. The predicted molar refractivity (Wildman–Crippen MR) is 111 cm³/mol. The zero-order chi connectivity index (χ0) is 20.7. The number of benzene rings is 2. The van der Waals surface area contributed by atoms with Crippen LogP contribution in [0.25, 0.3) is 11.3 Å². The van der Waals surface area contributed by atoms with Gasteiger partial charge in [0.25, 0.3) is 0 Å².